The van der Waals surface area contributed by atoms with Crippen LogP contribution in [0.25, 0.3) is 0 Å². The number of ether oxygens (including phenoxy) is 1. The van der Waals surface area contributed by atoms with Gasteiger partial charge in [-0.15, -0.1) is 0 Å². The lowest BCUT2D eigenvalue weighted by molar-refractivity contribution is 0.185. The van der Waals surface area contributed by atoms with E-state index in [4.69, 9.17) is 39.5 Å². The molecule has 1 saturated heterocycles. The van der Waals surface area contributed by atoms with E-state index in [0.717, 1.165) is 13.0 Å². The second kappa shape index (κ2) is 4.57. The van der Waals surface area contributed by atoms with E-state index < -0.39 is 0 Å². The molecule has 6 heteroatoms. The minimum Gasteiger partial charge on any atom is -0.379 e. The van der Waals surface area contributed by atoms with Crippen molar-refractivity contribution < 1.29 is 4.74 Å². The standard InChI is InChI=1S/C10H11Cl3N2O/c1-10(2-3-16-5-10)15-9-7(12)4-6(11)8(13)14-9/h4H,2-3,5H2,1H3,(H,14,15). The maximum atomic E-state index is 6.03. The van der Waals surface area contributed by atoms with E-state index in [1.165, 1.54) is 0 Å². The van der Waals surface area contributed by atoms with Crippen LogP contribution in [-0.4, -0.2) is 23.7 Å². The molecule has 3 nitrogen and oxygen atoms in total. The van der Waals surface area contributed by atoms with Crippen LogP contribution >= 0.6 is 34.8 Å². The first-order valence-corrected chi connectivity index (χ1v) is 6.01. The zero-order valence-corrected chi connectivity index (χ0v) is 11.0. The third-order valence-corrected chi connectivity index (χ3v) is 3.49. The monoisotopic (exact) mass is 280 g/mol. The van der Waals surface area contributed by atoms with Crippen LogP contribution in [0, 0.1) is 0 Å². The van der Waals surface area contributed by atoms with Crippen LogP contribution in [0.3, 0.4) is 0 Å². The largest absolute Gasteiger partial charge is 0.379 e. The van der Waals surface area contributed by atoms with E-state index in [0.29, 0.717) is 22.5 Å². The molecule has 2 heterocycles. The summed E-state index contributed by atoms with van der Waals surface area (Å²) in [6.45, 7) is 3.42. The molecule has 0 aromatic carbocycles. The van der Waals surface area contributed by atoms with Crippen LogP contribution in [0.1, 0.15) is 13.3 Å². The fourth-order valence-corrected chi connectivity index (χ4v) is 2.13. The van der Waals surface area contributed by atoms with Gasteiger partial charge in [0.25, 0.3) is 0 Å². The van der Waals surface area contributed by atoms with Gasteiger partial charge in [0.1, 0.15) is 11.0 Å². The smallest absolute Gasteiger partial charge is 0.150 e. The Morgan fingerprint density at radius 2 is 2.12 bits per heavy atom. The van der Waals surface area contributed by atoms with E-state index in [-0.39, 0.29) is 10.7 Å². The first-order chi connectivity index (χ1) is 7.50. The van der Waals surface area contributed by atoms with Crippen molar-refractivity contribution in [3.05, 3.63) is 21.3 Å². The zero-order valence-electron chi connectivity index (χ0n) is 8.69. The van der Waals surface area contributed by atoms with Gasteiger partial charge in [0.15, 0.2) is 0 Å². The predicted octanol–water partition coefficient (Wildman–Crippen LogP) is 3.63. The molecule has 16 heavy (non-hydrogen) atoms. The van der Waals surface area contributed by atoms with Gasteiger partial charge in [0.05, 0.1) is 22.2 Å². The summed E-state index contributed by atoms with van der Waals surface area (Å²) < 4.78 is 5.33. The summed E-state index contributed by atoms with van der Waals surface area (Å²) in [5, 5.41) is 4.30. The minimum atomic E-state index is -0.145. The molecule has 1 N–H and O–H groups in total. The summed E-state index contributed by atoms with van der Waals surface area (Å²) in [6.07, 6.45) is 0.908. The van der Waals surface area contributed by atoms with Gasteiger partial charge in [0.2, 0.25) is 0 Å². The van der Waals surface area contributed by atoms with Gasteiger partial charge in [-0.2, -0.15) is 0 Å². The molecule has 1 aliphatic heterocycles. The van der Waals surface area contributed by atoms with Gasteiger partial charge in [0, 0.05) is 6.61 Å². The van der Waals surface area contributed by atoms with Crippen molar-refractivity contribution >= 4 is 40.6 Å². The molecular weight excluding hydrogens is 270 g/mol. The predicted molar refractivity (Wildman–Crippen MR) is 66.7 cm³/mol. The van der Waals surface area contributed by atoms with E-state index in [1.807, 2.05) is 0 Å². The highest BCUT2D eigenvalue weighted by Gasteiger charge is 2.30. The second-order valence-corrected chi connectivity index (χ2v) is 5.25. The average molecular weight is 282 g/mol. The Morgan fingerprint density at radius 3 is 2.75 bits per heavy atom. The van der Waals surface area contributed by atoms with Gasteiger partial charge >= 0.3 is 0 Å². The highest BCUT2D eigenvalue weighted by molar-refractivity contribution is 6.42. The maximum absolute atomic E-state index is 6.03. The summed E-state index contributed by atoms with van der Waals surface area (Å²) >= 11 is 17.7. The van der Waals surface area contributed by atoms with Crippen molar-refractivity contribution in [3.8, 4) is 0 Å². The van der Waals surface area contributed by atoms with E-state index in [2.05, 4.69) is 17.2 Å². The molecule has 1 unspecified atom stereocenters. The molecular formula is C10H11Cl3N2O. The third kappa shape index (κ3) is 2.54. The summed E-state index contributed by atoms with van der Waals surface area (Å²) in [4.78, 5) is 4.12. The number of hydrogen-bond donors (Lipinski definition) is 1. The number of anilines is 1. The fraction of sp³-hybridized carbons (Fsp3) is 0.500. The number of nitrogens with one attached hydrogen (secondary N) is 1. The molecule has 0 aliphatic carbocycles. The Hall–Kier alpha value is -0.220. The normalized spacial score (nSPS) is 24.8. The van der Waals surface area contributed by atoms with Crippen molar-refractivity contribution in [1.82, 2.24) is 4.98 Å². The van der Waals surface area contributed by atoms with Crippen LogP contribution in [-0.2, 0) is 4.74 Å². The number of pyridine rings is 1. The second-order valence-electron chi connectivity index (χ2n) is 4.08. The summed E-state index contributed by atoms with van der Waals surface area (Å²) in [5.41, 5.74) is -0.145. The van der Waals surface area contributed by atoms with Gasteiger partial charge in [-0.25, -0.2) is 4.98 Å². The first kappa shape index (κ1) is 12.2. The number of rotatable bonds is 2. The Balaban J connectivity index is 2.24. The van der Waals surface area contributed by atoms with Gasteiger partial charge in [-0.3, -0.25) is 0 Å². The number of hydrogen-bond acceptors (Lipinski definition) is 3. The summed E-state index contributed by atoms with van der Waals surface area (Å²) in [5.74, 6) is 0.545. The molecule has 1 aliphatic rings. The molecule has 88 valence electrons. The average Bonchev–Trinajstić information content (AvgIpc) is 2.62. The Bertz CT molecular complexity index is 405. The lowest BCUT2D eigenvalue weighted by Gasteiger charge is -2.24. The lowest BCUT2D eigenvalue weighted by Crippen LogP contribution is -2.35. The quantitative estimate of drug-likeness (QED) is 0.841. The molecule has 1 aromatic heterocycles. The SMILES string of the molecule is CC1(Nc2nc(Cl)c(Cl)cc2Cl)CCOC1. The highest BCUT2D eigenvalue weighted by Crippen LogP contribution is 2.32. The van der Waals surface area contributed by atoms with Crippen molar-refractivity contribution in [1.29, 1.82) is 0 Å². The molecule has 0 radical (unpaired) electrons. The zero-order chi connectivity index (χ0) is 11.8. The van der Waals surface area contributed by atoms with Crippen LogP contribution in [0.4, 0.5) is 5.82 Å². The number of aromatic nitrogens is 1. The Morgan fingerprint density at radius 1 is 1.38 bits per heavy atom. The van der Waals surface area contributed by atoms with Crippen molar-refractivity contribution in [2.45, 2.75) is 18.9 Å². The Kier molecular flexibility index (Phi) is 3.50. The van der Waals surface area contributed by atoms with Crippen LogP contribution in [0.2, 0.25) is 15.2 Å². The first-order valence-electron chi connectivity index (χ1n) is 4.88. The van der Waals surface area contributed by atoms with E-state index in [9.17, 15) is 0 Å². The molecule has 0 spiro atoms. The molecule has 1 atom stereocenters. The molecule has 0 saturated carbocycles. The van der Waals surface area contributed by atoms with Gasteiger partial charge in [-0.05, 0) is 19.4 Å². The molecule has 1 fully saturated rings. The van der Waals surface area contributed by atoms with Crippen LogP contribution in [0.15, 0.2) is 6.07 Å². The number of nitrogens with zero attached hydrogens (tertiary/aromatic N) is 1. The minimum absolute atomic E-state index is 0.145. The summed E-state index contributed by atoms with van der Waals surface area (Å²) in [6, 6.07) is 1.58. The van der Waals surface area contributed by atoms with Crippen molar-refractivity contribution in [2.24, 2.45) is 0 Å². The third-order valence-electron chi connectivity index (χ3n) is 2.53. The molecule has 0 bridgehead atoms. The van der Waals surface area contributed by atoms with Crippen LogP contribution in [0.5, 0.6) is 0 Å². The maximum Gasteiger partial charge on any atom is 0.150 e. The van der Waals surface area contributed by atoms with Crippen LogP contribution < -0.4 is 5.32 Å². The summed E-state index contributed by atoms with van der Waals surface area (Å²) in [7, 11) is 0. The van der Waals surface area contributed by atoms with Crippen molar-refractivity contribution in [2.75, 3.05) is 18.5 Å². The number of halogens is 3. The fourth-order valence-electron chi connectivity index (χ4n) is 1.58. The highest BCUT2D eigenvalue weighted by atomic mass is 35.5. The van der Waals surface area contributed by atoms with Gasteiger partial charge < -0.3 is 10.1 Å². The topological polar surface area (TPSA) is 34.2 Å². The molecule has 0 amide bonds. The molecule has 1 aromatic rings. The Labute approximate surface area is 109 Å². The lowest BCUT2D eigenvalue weighted by atomic mass is 10.0. The van der Waals surface area contributed by atoms with Gasteiger partial charge in [-0.1, -0.05) is 34.8 Å². The van der Waals surface area contributed by atoms with Crippen molar-refractivity contribution in [3.63, 3.8) is 0 Å². The molecule has 2 rings (SSSR count). The van der Waals surface area contributed by atoms with E-state index in [1.54, 1.807) is 6.07 Å². The van der Waals surface area contributed by atoms with E-state index >= 15 is 0 Å².